The van der Waals surface area contributed by atoms with Gasteiger partial charge in [-0.3, -0.25) is 4.79 Å². The zero-order chi connectivity index (χ0) is 11.5. The standard InChI is InChI=1S/C12H13NO3/c1-3-15-12(14)7-9-4-5-11-10(6-9)13-8(2)16-11/h4-6H,3,7H2,1-2H3. The van der Waals surface area contributed by atoms with Gasteiger partial charge in [-0.2, -0.15) is 0 Å². The van der Waals surface area contributed by atoms with Crippen LogP contribution in [0, 0.1) is 6.92 Å². The molecule has 16 heavy (non-hydrogen) atoms. The van der Waals surface area contributed by atoms with E-state index in [-0.39, 0.29) is 12.4 Å². The van der Waals surface area contributed by atoms with Gasteiger partial charge in [0.2, 0.25) is 0 Å². The monoisotopic (exact) mass is 219 g/mol. The first-order valence-corrected chi connectivity index (χ1v) is 5.20. The van der Waals surface area contributed by atoms with Gasteiger partial charge in [0, 0.05) is 6.92 Å². The van der Waals surface area contributed by atoms with Crippen LogP contribution in [0.25, 0.3) is 11.1 Å². The highest BCUT2D eigenvalue weighted by Gasteiger charge is 2.07. The van der Waals surface area contributed by atoms with Gasteiger partial charge in [-0.1, -0.05) is 6.07 Å². The molecule has 4 heteroatoms. The van der Waals surface area contributed by atoms with Gasteiger partial charge in [-0.15, -0.1) is 0 Å². The molecule has 0 amide bonds. The smallest absolute Gasteiger partial charge is 0.310 e. The molecular weight excluding hydrogens is 206 g/mol. The lowest BCUT2D eigenvalue weighted by atomic mass is 10.1. The summed E-state index contributed by atoms with van der Waals surface area (Å²) in [4.78, 5) is 15.5. The SMILES string of the molecule is CCOC(=O)Cc1ccc2oc(C)nc2c1. The number of carbonyl (C=O) groups excluding carboxylic acids is 1. The number of esters is 1. The van der Waals surface area contributed by atoms with Crippen molar-refractivity contribution in [2.45, 2.75) is 20.3 Å². The van der Waals surface area contributed by atoms with Gasteiger partial charge in [0.05, 0.1) is 13.0 Å². The first kappa shape index (κ1) is 10.7. The lowest BCUT2D eigenvalue weighted by Crippen LogP contribution is -2.07. The van der Waals surface area contributed by atoms with Crippen LogP contribution in [0.1, 0.15) is 18.4 Å². The minimum absolute atomic E-state index is 0.220. The number of benzene rings is 1. The zero-order valence-electron chi connectivity index (χ0n) is 9.32. The third-order valence-electron chi connectivity index (χ3n) is 2.21. The fraction of sp³-hybridized carbons (Fsp3) is 0.333. The molecule has 1 aromatic heterocycles. The van der Waals surface area contributed by atoms with E-state index in [4.69, 9.17) is 9.15 Å². The largest absolute Gasteiger partial charge is 0.466 e. The van der Waals surface area contributed by atoms with Crippen LogP contribution in [-0.2, 0) is 16.0 Å². The third kappa shape index (κ3) is 2.21. The first-order valence-electron chi connectivity index (χ1n) is 5.20. The van der Waals surface area contributed by atoms with Crippen LogP contribution in [0.2, 0.25) is 0 Å². The number of fused-ring (bicyclic) bond motifs is 1. The summed E-state index contributed by atoms with van der Waals surface area (Å²) in [6.45, 7) is 4.00. The Morgan fingerprint density at radius 3 is 3.06 bits per heavy atom. The van der Waals surface area contributed by atoms with E-state index in [2.05, 4.69) is 4.98 Å². The topological polar surface area (TPSA) is 52.3 Å². The maximum absolute atomic E-state index is 11.3. The van der Waals surface area contributed by atoms with Crippen molar-refractivity contribution in [2.24, 2.45) is 0 Å². The summed E-state index contributed by atoms with van der Waals surface area (Å²) in [6, 6.07) is 5.52. The fourth-order valence-corrected chi connectivity index (χ4v) is 1.58. The van der Waals surface area contributed by atoms with Crippen molar-refractivity contribution in [3.8, 4) is 0 Å². The summed E-state index contributed by atoms with van der Waals surface area (Å²) in [6.07, 6.45) is 0.273. The molecule has 0 bridgehead atoms. The van der Waals surface area contributed by atoms with E-state index in [1.165, 1.54) is 0 Å². The summed E-state index contributed by atoms with van der Waals surface area (Å²) in [5.74, 6) is 0.408. The number of aromatic nitrogens is 1. The van der Waals surface area contributed by atoms with Crippen molar-refractivity contribution in [1.29, 1.82) is 0 Å². The van der Waals surface area contributed by atoms with Crippen molar-refractivity contribution in [3.05, 3.63) is 29.7 Å². The molecule has 0 unspecified atom stereocenters. The van der Waals surface area contributed by atoms with Crippen molar-refractivity contribution in [1.82, 2.24) is 4.98 Å². The molecule has 0 aliphatic carbocycles. The Labute approximate surface area is 93.2 Å². The summed E-state index contributed by atoms with van der Waals surface area (Å²) in [7, 11) is 0. The minimum atomic E-state index is -0.220. The molecule has 0 aliphatic rings. The summed E-state index contributed by atoms with van der Waals surface area (Å²) >= 11 is 0. The van der Waals surface area contributed by atoms with Gasteiger partial charge in [0.25, 0.3) is 0 Å². The van der Waals surface area contributed by atoms with Gasteiger partial charge in [-0.05, 0) is 24.6 Å². The van der Waals surface area contributed by atoms with E-state index in [1.807, 2.05) is 18.2 Å². The predicted octanol–water partition coefficient (Wildman–Crippen LogP) is 2.24. The quantitative estimate of drug-likeness (QED) is 0.743. The molecule has 2 rings (SSSR count). The lowest BCUT2D eigenvalue weighted by Gasteiger charge is -2.01. The Kier molecular flexibility index (Phi) is 2.90. The molecule has 0 aliphatic heterocycles. The molecule has 0 spiro atoms. The van der Waals surface area contributed by atoms with Crippen LogP contribution < -0.4 is 0 Å². The number of ether oxygens (including phenoxy) is 1. The number of carbonyl (C=O) groups is 1. The zero-order valence-corrected chi connectivity index (χ0v) is 9.32. The highest BCUT2D eigenvalue weighted by molar-refractivity contribution is 5.77. The molecule has 0 radical (unpaired) electrons. The summed E-state index contributed by atoms with van der Waals surface area (Å²) in [5.41, 5.74) is 2.41. The average molecular weight is 219 g/mol. The van der Waals surface area contributed by atoms with E-state index in [0.29, 0.717) is 12.5 Å². The van der Waals surface area contributed by atoms with Crippen molar-refractivity contribution < 1.29 is 13.9 Å². The second-order valence-corrected chi connectivity index (χ2v) is 3.52. The van der Waals surface area contributed by atoms with Crippen molar-refractivity contribution in [3.63, 3.8) is 0 Å². The molecule has 0 saturated carbocycles. The molecule has 0 atom stereocenters. The Morgan fingerprint density at radius 2 is 2.31 bits per heavy atom. The fourth-order valence-electron chi connectivity index (χ4n) is 1.58. The van der Waals surface area contributed by atoms with Crippen molar-refractivity contribution >= 4 is 17.1 Å². The molecule has 1 heterocycles. The summed E-state index contributed by atoms with van der Waals surface area (Å²) in [5, 5.41) is 0. The molecule has 84 valence electrons. The summed E-state index contributed by atoms with van der Waals surface area (Å²) < 4.78 is 10.2. The maximum atomic E-state index is 11.3. The molecule has 0 fully saturated rings. The molecule has 1 aromatic carbocycles. The van der Waals surface area contributed by atoms with Crippen LogP contribution in [0.15, 0.2) is 22.6 Å². The number of nitrogens with zero attached hydrogens (tertiary/aromatic N) is 1. The van der Waals surface area contributed by atoms with Crippen LogP contribution in [0.3, 0.4) is 0 Å². The normalized spacial score (nSPS) is 10.6. The number of hydrogen-bond donors (Lipinski definition) is 0. The second kappa shape index (κ2) is 4.35. The van der Waals surface area contributed by atoms with Crippen LogP contribution in [0.5, 0.6) is 0 Å². The first-order chi connectivity index (χ1) is 7.69. The number of aryl methyl sites for hydroxylation is 1. The van der Waals surface area contributed by atoms with Gasteiger partial charge < -0.3 is 9.15 Å². The van der Waals surface area contributed by atoms with Gasteiger partial charge >= 0.3 is 5.97 Å². The molecule has 4 nitrogen and oxygen atoms in total. The number of hydrogen-bond acceptors (Lipinski definition) is 4. The number of oxazole rings is 1. The predicted molar refractivity (Wildman–Crippen MR) is 59.1 cm³/mol. The molecule has 2 aromatic rings. The molecule has 0 saturated heterocycles. The Morgan fingerprint density at radius 1 is 1.50 bits per heavy atom. The highest BCUT2D eigenvalue weighted by atomic mass is 16.5. The number of rotatable bonds is 3. The van der Waals surface area contributed by atoms with Crippen molar-refractivity contribution in [2.75, 3.05) is 6.61 Å². The molecule has 0 N–H and O–H groups in total. The van der Waals surface area contributed by atoms with Crippen LogP contribution in [0.4, 0.5) is 0 Å². The maximum Gasteiger partial charge on any atom is 0.310 e. The van der Waals surface area contributed by atoms with Crippen LogP contribution in [-0.4, -0.2) is 17.6 Å². The Bertz CT molecular complexity index is 516. The molecular formula is C12H13NO3. The van der Waals surface area contributed by atoms with E-state index < -0.39 is 0 Å². The average Bonchev–Trinajstić information content (AvgIpc) is 2.57. The van der Waals surface area contributed by atoms with E-state index in [1.54, 1.807) is 13.8 Å². The second-order valence-electron chi connectivity index (χ2n) is 3.52. The van der Waals surface area contributed by atoms with Gasteiger partial charge in [0.1, 0.15) is 5.52 Å². The van der Waals surface area contributed by atoms with E-state index >= 15 is 0 Å². The lowest BCUT2D eigenvalue weighted by molar-refractivity contribution is -0.142. The highest BCUT2D eigenvalue weighted by Crippen LogP contribution is 2.17. The van der Waals surface area contributed by atoms with E-state index in [9.17, 15) is 4.79 Å². The minimum Gasteiger partial charge on any atom is -0.466 e. The third-order valence-corrected chi connectivity index (χ3v) is 2.21. The Balaban J connectivity index is 2.22. The van der Waals surface area contributed by atoms with Gasteiger partial charge in [0.15, 0.2) is 11.5 Å². The van der Waals surface area contributed by atoms with Gasteiger partial charge in [-0.25, -0.2) is 4.98 Å². The Hall–Kier alpha value is -1.84. The van der Waals surface area contributed by atoms with Crippen LogP contribution >= 0.6 is 0 Å². The van der Waals surface area contributed by atoms with E-state index in [0.717, 1.165) is 16.7 Å².